The summed E-state index contributed by atoms with van der Waals surface area (Å²) in [4.78, 5) is 29.7. The highest BCUT2D eigenvalue weighted by molar-refractivity contribution is 6.30. The third-order valence-corrected chi connectivity index (χ3v) is 3.91. The standard InChI is InChI=1S/C17H19ClN2O4/c1-11(2)20(9-14-19-13(10-24-14)17(22)23-3)16(21)15(18)12-7-5-4-6-8-12/h4-8,10-11,15H,9H2,1-3H3. The van der Waals surface area contributed by atoms with Crippen LogP contribution in [-0.4, -0.2) is 34.9 Å². The zero-order valence-electron chi connectivity index (χ0n) is 13.7. The van der Waals surface area contributed by atoms with Gasteiger partial charge in [0.1, 0.15) is 11.6 Å². The molecule has 1 heterocycles. The van der Waals surface area contributed by atoms with Crippen LogP contribution in [0.3, 0.4) is 0 Å². The third-order valence-electron chi connectivity index (χ3n) is 3.47. The number of halogens is 1. The Kier molecular flexibility index (Phi) is 5.98. The summed E-state index contributed by atoms with van der Waals surface area (Å²) >= 11 is 6.32. The van der Waals surface area contributed by atoms with E-state index >= 15 is 0 Å². The first-order valence-electron chi connectivity index (χ1n) is 7.46. The van der Waals surface area contributed by atoms with Gasteiger partial charge < -0.3 is 14.1 Å². The summed E-state index contributed by atoms with van der Waals surface area (Å²) in [5.41, 5.74) is 0.784. The predicted molar refractivity (Wildman–Crippen MR) is 88.6 cm³/mol. The summed E-state index contributed by atoms with van der Waals surface area (Å²) in [6.07, 6.45) is 1.21. The molecular formula is C17H19ClN2O4. The maximum atomic E-state index is 12.7. The van der Waals surface area contributed by atoms with Crippen molar-refractivity contribution in [2.24, 2.45) is 0 Å². The number of oxazole rings is 1. The van der Waals surface area contributed by atoms with Crippen LogP contribution in [0.2, 0.25) is 0 Å². The Morgan fingerprint density at radius 2 is 1.96 bits per heavy atom. The Hall–Kier alpha value is -2.34. The fraction of sp³-hybridized carbons (Fsp3) is 0.353. The predicted octanol–water partition coefficient (Wildman–Crippen LogP) is 3.18. The molecule has 6 nitrogen and oxygen atoms in total. The number of methoxy groups -OCH3 is 1. The number of carbonyl (C=O) groups excluding carboxylic acids is 2. The zero-order valence-corrected chi connectivity index (χ0v) is 14.5. The smallest absolute Gasteiger partial charge is 0.360 e. The number of hydrogen-bond acceptors (Lipinski definition) is 5. The molecule has 0 N–H and O–H groups in total. The van der Waals surface area contributed by atoms with Crippen LogP contribution in [0.25, 0.3) is 0 Å². The van der Waals surface area contributed by atoms with Crippen LogP contribution in [0.15, 0.2) is 41.0 Å². The van der Waals surface area contributed by atoms with Crippen molar-refractivity contribution in [3.8, 4) is 0 Å². The van der Waals surface area contributed by atoms with Gasteiger partial charge in [-0.25, -0.2) is 9.78 Å². The van der Waals surface area contributed by atoms with E-state index in [9.17, 15) is 9.59 Å². The van der Waals surface area contributed by atoms with Crippen molar-refractivity contribution in [3.05, 3.63) is 53.7 Å². The lowest BCUT2D eigenvalue weighted by Crippen LogP contribution is -2.38. The number of benzene rings is 1. The van der Waals surface area contributed by atoms with Crippen LogP contribution < -0.4 is 0 Å². The number of aromatic nitrogens is 1. The number of hydrogen-bond donors (Lipinski definition) is 0. The van der Waals surface area contributed by atoms with Gasteiger partial charge in [-0.1, -0.05) is 30.3 Å². The monoisotopic (exact) mass is 350 g/mol. The zero-order chi connectivity index (χ0) is 17.7. The average molecular weight is 351 g/mol. The molecule has 0 spiro atoms. The molecule has 2 aromatic rings. The topological polar surface area (TPSA) is 72.6 Å². The van der Waals surface area contributed by atoms with Gasteiger partial charge in [0.15, 0.2) is 5.69 Å². The van der Waals surface area contributed by atoms with Gasteiger partial charge in [-0.15, -0.1) is 11.6 Å². The molecule has 0 radical (unpaired) electrons. The van der Waals surface area contributed by atoms with Crippen LogP contribution in [0.5, 0.6) is 0 Å². The molecule has 2 rings (SSSR count). The Morgan fingerprint density at radius 3 is 2.54 bits per heavy atom. The summed E-state index contributed by atoms with van der Waals surface area (Å²) in [5, 5.41) is -0.802. The fourth-order valence-corrected chi connectivity index (χ4v) is 2.42. The van der Waals surface area contributed by atoms with Crippen LogP contribution in [0.1, 0.15) is 41.2 Å². The van der Waals surface area contributed by atoms with Crippen LogP contribution in [0, 0.1) is 0 Å². The summed E-state index contributed by atoms with van der Waals surface area (Å²) < 4.78 is 9.84. The Balaban J connectivity index is 2.16. The van der Waals surface area contributed by atoms with Crippen LogP contribution >= 0.6 is 11.6 Å². The molecule has 1 amide bonds. The second kappa shape index (κ2) is 7.97. The number of ether oxygens (including phenoxy) is 1. The molecule has 7 heteroatoms. The minimum Gasteiger partial charge on any atom is -0.464 e. The Labute approximate surface area is 145 Å². The van der Waals surface area contributed by atoms with Gasteiger partial charge >= 0.3 is 5.97 Å². The minimum atomic E-state index is -0.802. The van der Waals surface area contributed by atoms with Crippen molar-refractivity contribution in [2.45, 2.75) is 31.8 Å². The summed E-state index contributed by atoms with van der Waals surface area (Å²) in [5.74, 6) is -0.600. The van der Waals surface area contributed by atoms with Gasteiger partial charge in [0, 0.05) is 6.04 Å². The molecule has 0 aliphatic carbocycles. The number of esters is 1. The minimum absolute atomic E-state index is 0.0640. The second-order valence-corrected chi connectivity index (χ2v) is 5.89. The lowest BCUT2D eigenvalue weighted by molar-refractivity contribution is -0.133. The molecule has 1 aromatic heterocycles. The van der Waals surface area contributed by atoms with E-state index in [1.165, 1.54) is 13.4 Å². The van der Waals surface area contributed by atoms with Gasteiger partial charge in [-0.2, -0.15) is 0 Å². The summed E-state index contributed by atoms with van der Waals surface area (Å²) in [7, 11) is 1.26. The maximum Gasteiger partial charge on any atom is 0.360 e. The number of amides is 1. The molecular weight excluding hydrogens is 332 g/mol. The molecule has 0 fully saturated rings. The van der Waals surface area contributed by atoms with E-state index in [2.05, 4.69) is 9.72 Å². The van der Waals surface area contributed by atoms with E-state index in [-0.39, 0.29) is 30.1 Å². The van der Waals surface area contributed by atoms with Crippen LogP contribution in [0.4, 0.5) is 0 Å². The molecule has 1 aromatic carbocycles. The quantitative estimate of drug-likeness (QED) is 0.591. The van der Waals surface area contributed by atoms with Gasteiger partial charge in [0.05, 0.1) is 13.7 Å². The van der Waals surface area contributed by atoms with E-state index in [4.69, 9.17) is 16.0 Å². The van der Waals surface area contributed by atoms with Gasteiger partial charge in [0.2, 0.25) is 11.8 Å². The van der Waals surface area contributed by atoms with Crippen molar-refractivity contribution in [1.82, 2.24) is 9.88 Å². The lowest BCUT2D eigenvalue weighted by atomic mass is 10.1. The van der Waals surface area contributed by atoms with Crippen molar-refractivity contribution >= 4 is 23.5 Å². The normalized spacial score (nSPS) is 12.0. The second-order valence-electron chi connectivity index (χ2n) is 5.45. The molecule has 1 atom stereocenters. The number of alkyl halides is 1. The van der Waals surface area contributed by atoms with Crippen molar-refractivity contribution < 1.29 is 18.7 Å². The largest absolute Gasteiger partial charge is 0.464 e. The van der Waals surface area contributed by atoms with Crippen molar-refractivity contribution in [1.29, 1.82) is 0 Å². The van der Waals surface area contributed by atoms with E-state index < -0.39 is 11.3 Å². The molecule has 0 saturated heterocycles. The molecule has 1 unspecified atom stereocenters. The number of carbonyl (C=O) groups is 2. The first kappa shape index (κ1) is 18.0. The number of nitrogens with zero attached hydrogens (tertiary/aromatic N) is 2. The van der Waals surface area contributed by atoms with Gasteiger partial charge in [-0.3, -0.25) is 4.79 Å². The first-order chi connectivity index (χ1) is 11.4. The first-order valence-corrected chi connectivity index (χ1v) is 7.90. The molecule has 0 bridgehead atoms. The highest BCUT2D eigenvalue weighted by atomic mass is 35.5. The molecule has 24 heavy (non-hydrogen) atoms. The molecule has 0 saturated carbocycles. The van der Waals surface area contributed by atoms with E-state index in [0.717, 1.165) is 5.56 Å². The SMILES string of the molecule is COC(=O)c1coc(CN(C(=O)C(Cl)c2ccccc2)C(C)C)n1. The number of rotatable bonds is 6. The fourth-order valence-electron chi connectivity index (χ4n) is 2.15. The highest BCUT2D eigenvalue weighted by Crippen LogP contribution is 2.24. The Morgan fingerprint density at radius 1 is 1.29 bits per heavy atom. The molecule has 128 valence electrons. The highest BCUT2D eigenvalue weighted by Gasteiger charge is 2.27. The maximum absolute atomic E-state index is 12.7. The van der Waals surface area contributed by atoms with Crippen molar-refractivity contribution in [3.63, 3.8) is 0 Å². The van der Waals surface area contributed by atoms with Gasteiger partial charge in [0.25, 0.3) is 0 Å². The van der Waals surface area contributed by atoms with Gasteiger partial charge in [-0.05, 0) is 19.4 Å². The summed E-state index contributed by atoms with van der Waals surface area (Å²) in [6.45, 7) is 3.86. The summed E-state index contributed by atoms with van der Waals surface area (Å²) in [6, 6.07) is 9.00. The third kappa shape index (κ3) is 4.14. The molecule has 0 aliphatic rings. The molecule has 0 aliphatic heterocycles. The average Bonchev–Trinajstić information content (AvgIpc) is 3.07. The van der Waals surface area contributed by atoms with E-state index in [1.807, 2.05) is 32.0 Å². The Bertz CT molecular complexity index is 700. The van der Waals surface area contributed by atoms with E-state index in [1.54, 1.807) is 17.0 Å². The van der Waals surface area contributed by atoms with Crippen LogP contribution in [-0.2, 0) is 16.1 Å². The van der Waals surface area contributed by atoms with E-state index in [0.29, 0.717) is 0 Å². The lowest BCUT2D eigenvalue weighted by Gasteiger charge is -2.27. The van der Waals surface area contributed by atoms with Crippen molar-refractivity contribution in [2.75, 3.05) is 7.11 Å².